The van der Waals surface area contributed by atoms with Gasteiger partial charge in [0.1, 0.15) is 0 Å². The molecule has 2 aromatic rings. The summed E-state index contributed by atoms with van der Waals surface area (Å²) in [5, 5.41) is 19.8. The Morgan fingerprint density at radius 2 is 2.12 bits per heavy atom. The minimum Gasteiger partial charge on any atom is -0.475 e. The number of hydrogen-bond acceptors (Lipinski definition) is 7. The molecule has 0 radical (unpaired) electrons. The summed E-state index contributed by atoms with van der Waals surface area (Å²) in [7, 11) is 0. The number of alkyl halides is 3. The molecule has 0 saturated carbocycles. The van der Waals surface area contributed by atoms with Crippen molar-refractivity contribution in [2.45, 2.75) is 19.6 Å². The largest absolute Gasteiger partial charge is 0.490 e. The van der Waals surface area contributed by atoms with Crippen LogP contribution >= 0.6 is 11.3 Å². The van der Waals surface area contributed by atoms with Crippen LogP contribution in [-0.2, 0) is 16.1 Å². The second-order valence-electron chi connectivity index (χ2n) is 7.89. The number of aryl methyl sites for hydroxylation is 1. The number of carbonyl (C=O) groups excluding carboxylic acids is 1. The van der Waals surface area contributed by atoms with Crippen LogP contribution in [-0.4, -0.2) is 71.1 Å². The molecule has 2 aliphatic heterocycles. The second kappa shape index (κ2) is 9.92. The Labute approximate surface area is 186 Å². The van der Waals surface area contributed by atoms with E-state index in [9.17, 15) is 18.0 Å². The Bertz CT molecular complexity index is 940. The standard InChI is InChI=1S/C18H22N4O2S.C2HF3O2/c1-13-3-5-25-16(13)8-22-7-15-9-24-12-18(15,11-22)10-19-17(23)14-2-4-20-21-6-14;3-2(4,5)1(6)7/h2-6,15H,7-12H2,1H3,(H,19,23);(H,6,7)/t15-,18+;/m1./s1. The summed E-state index contributed by atoms with van der Waals surface area (Å²) < 4.78 is 37.5. The fourth-order valence-corrected chi connectivity index (χ4v) is 4.81. The summed E-state index contributed by atoms with van der Waals surface area (Å²) in [6.45, 7) is 7.29. The Morgan fingerprint density at radius 1 is 1.38 bits per heavy atom. The van der Waals surface area contributed by atoms with Crippen molar-refractivity contribution in [3.63, 3.8) is 0 Å². The molecule has 8 nitrogen and oxygen atoms in total. The number of nitrogens with zero attached hydrogens (tertiary/aromatic N) is 3. The third kappa shape index (κ3) is 5.81. The predicted octanol–water partition coefficient (Wildman–Crippen LogP) is 2.36. The zero-order valence-electron chi connectivity index (χ0n) is 17.3. The van der Waals surface area contributed by atoms with E-state index < -0.39 is 12.1 Å². The first-order chi connectivity index (χ1) is 15.1. The molecular formula is C20H23F3N4O4S. The van der Waals surface area contributed by atoms with Crippen molar-refractivity contribution in [1.29, 1.82) is 0 Å². The maximum Gasteiger partial charge on any atom is 0.490 e. The number of nitrogens with one attached hydrogen (secondary N) is 1. The van der Waals surface area contributed by atoms with E-state index in [1.54, 1.807) is 6.07 Å². The van der Waals surface area contributed by atoms with E-state index in [4.69, 9.17) is 14.6 Å². The number of thiophene rings is 1. The lowest BCUT2D eigenvalue weighted by atomic mass is 9.81. The molecule has 0 unspecified atom stereocenters. The molecule has 0 aromatic carbocycles. The van der Waals surface area contributed by atoms with Crippen molar-refractivity contribution < 1.29 is 32.6 Å². The van der Waals surface area contributed by atoms with Gasteiger partial charge in [-0.1, -0.05) is 0 Å². The molecule has 32 heavy (non-hydrogen) atoms. The van der Waals surface area contributed by atoms with Gasteiger partial charge in [0.05, 0.1) is 31.2 Å². The van der Waals surface area contributed by atoms with Crippen molar-refractivity contribution >= 4 is 23.2 Å². The molecule has 2 N–H and O–H groups in total. The number of rotatable bonds is 5. The molecule has 0 spiro atoms. The normalized spacial score (nSPS) is 22.7. The number of fused-ring (bicyclic) bond motifs is 1. The Morgan fingerprint density at radius 3 is 2.72 bits per heavy atom. The number of amides is 1. The maximum atomic E-state index is 12.3. The first-order valence-electron chi connectivity index (χ1n) is 9.79. The van der Waals surface area contributed by atoms with Gasteiger partial charge >= 0.3 is 12.1 Å². The van der Waals surface area contributed by atoms with Gasteiger partial charge in [0, 0.05) is 42.4 Å². The van der Waals surface area contributed by atoms with Gasteiger partial charge in [-0.25, -0.2) is 4.79 Å². The van der Waals surface area contributed by atoms with Crippen LogP contribution in [0.1, 0.15) is 20.8 Å². The fourth-order valence-electron chi connectivity index (χ4n) is 3.87. The molecule has 2 aromatic heterocycles. The molecule has 2 aliphatic rings. The van der Waals surface area contributed by atoms with Gasteiger partial charge in [0.25, 0.3) is 5.91 Å². The molecular weight excluding hydrogens is 449 g/mol. The molecule has 12 heteroatoms. The minimum atomic E-state index is -5.08. The van der Waals surface area contributed by atoms with E-state index >= 15 is 0 Å². The third-order valence-electron chi connectivity index (χ3n) is 5.62. The van der Waals surface area contributed by atoms with E-state index in [2.05, 4.69) is 38.8 Å². The lowest BCUT2D eigenvalue weighted by Gasteiger charge is -2.27. The minimum absolute atomic E-state index is 0.0152. The summed E-state index contributed by atoms with van der Waals surface area (Å²) in [6.07, 6.45) is -2.05. The van der Waals surface area contributed by atoms with Gasteiger partial charge in [-0.05, 0) is 30.0 Å². The van der Waals surface area contributed by atoms with Crippen molar-refractivity contribution in [2.75, 3.05) is 32.8 Å². The van der Waals surface area contributed by atoms with Crippen LogP contribution in [0.25, 0.3) is 0 Å². The highest BCUT2D eigenvalue weighted by Crippen LogP contribution is 2.41. The van der Waals surface area contributed by atoms with Crippen LogP contribution in [0.15, 0.2) is 29.9 Å². The number of halogens is 3. The number of carboxylic acid groups (broad SMARTS) is 1. The van der Waals surface area contributed by atoms with Gasteiger partial charge in [-0.15, -0.1) is 11.3 Å². The number of aromatic nitrogens is 2. The topological polar surface area (TPSA) is 105 Å². The van der Waals surface area contributed by atoms with E-state index in [0.29, 0.717) is 24.6 Å². The average molecular weight is 472 g/mol. The first kappa shape index (κ1) is 24.1. The lowest BCUT2D eigenvalue weighted by molar-refractivity contribution is -0.192. The van der Waals surface area contributed by atoms with Crippen LogP contribution in [0.2, 0.25) is 0 Å². The number of carbonyl (C=O) groups is 2. The molecule has 0 aliphatic carbocycles. The summed E-state index contributed by atoms with van der Waals surface area (Å²) in [5.41, 5.74) is 1.93. The van der Waals surface area contributed by atoms with Crippen molar-refractivity contribution in [1.82, 2.24) is 20.4 Å². The second-order valence-corrected chi connectivity index (χ2v) is 8.89. The Hall–Kier alpha value is -2.57. The molecule has 0 bridgehead atoms. The molecule has 4 heterocycles. The summed E-state index contributed by atoms with van der Waals surface area (Å²) in [4.78, 5) is 25.2. The average Bonchev–Trinajstić information content (AvgIpc) is 3.41. The van der Waals surface area contributed by atoms with Crippen molar-refractivity contribution in [3.8, 4) is 0 Å². The van der Waals surface area contributed by atoms with Gasteiger partial charge < -0.3 is 15.2 Å². The summed E-state index contributed by atoms with van der Waals surface area (Å²) in [5.74, 6) is -2.38. The van der Waals surface area contributed by atoms with Crippen LogP contribution in [0.4, 0.5) is 13.2 Å². The highest BCUT2D eigenvalue weighted by Gasteiger charge is 2.50. The van der Waals surface area contributed by atoms with Gasteiger partial charge in [0.15, 0.2) is 0 Å². The monoisotopic (exact) mass is 472 g/mol. The molecule has 174 valence electrons. The lowest BCUT2D eigenvalue weighted by Crippen LogP contribution is -2.43. The van der Waals surface area contributed by atoms with Crippen molar-refractivity contribution in [2.24, 2.45) is 11.3 Å². The SMILES string of the molecule is Cc1ccsc1CN1C[C@@H]2COC[C@]2(CNC(=O)c2ccnnc2)C1.O=C(O)C(F)(F)F. The number of aliphatic carboxylic acids is 1. The first-order valence-corrected chi connectivity index (χ1v) is 10.7. The van der Waals surface area contributed by atoms with Crippen molar-refractivity contribution in [3.05, 3.63) is 45.9 Å². The number of likely N-dealkylation sites (tertiary alicyclic amines) is 1. The van der Waals surface area contributed by atoms with Gasteiger partial charge in [-0.3, -0.25) is 9.69 Å². The zero-order chi connectivity index (χ0) is 23.4. The van der Waals surface area contributed by atoms with E-state index in [1.807, 2.05) is 11.3 Å². The third-order valence-corrected chi connectivity index (χ3v) is 6.62. The number of ether oxygens (including phenoxy) is 1. The fraction of sp³-hybridized carbons (Fsp3) is 0.500. The molecule has 2 saturated heterocycles. The Balaban J connectivity index is 0.000000360. The zero-order valence-corrected chi connectivity index (χ0v) is 18.1. The summed E-state index contributed by atoms with van der Waals surface area (Å²) in [6, 6.07) is 3.86. The molecule has 2 fully saturated rings. The van der Waals surface area contributed by atoms with E-state index in [1.165, 1.54) is 22.8 Å². The van der Waals surface area contributed by atoms with Crippen LogP contribution < -0.4 is 5.32 Å². The van der Waals surface area contributed by atoms with Gasteiger partial charge in [0.2, 0.25) is 0 Å². The Kier molecular flexibility index (Phi) is 7.47. The molecule has 1 amide bonds. The van der Waals surface area contributed by atoms with Crippen LogP contribution in [0.5, 0.6) is 0 Å². The quantitative estimate of drug-likeness (QED) is 0.688. The highest BCUT2D eigenvalue weighted by atomic mass is 32.1. The molecule has 2 atom stereocenters. The maximum absolute atomic E-state index is 12.3. The van der Waals surface area contributed by atoms with Gasteiger partial charge in [-0.2, -0.15) is 23.4 Å². The van der Waals surface area contributed by atoms with Crippen LogP contribution in [0, 0.1) is 18.3 Å². The predicted molar refractivity (Wildman–Crippen MR) is 109 cm³/mol. The van der Waals surface area contributed by atoms with Crippen LogP contribution in [0.3, 0.4) is 0 Å². The van der Waals surface area contributed by atoms with E-state index in [-0.39, 0.29) is 11.3 Å². The smallest absolute Gasteiger partial charge is 0.475 e. The molecule has 4 rings (SSSR count). The summed E-state index contributed by atoms with van der Waals surface area (Å²) >= 11 is 1.82. The number of hydrogen-bond donors (Lipinski definition) is 2. The van der Waals surface area contributed by atoms with E-state index in [0.717, 1.165) is 26.2 Å². The highest BCUT2D eigenvalue weighted by molar-refractivity contribution is 7.10. The number of carboxylic acids is 1.